The van der Waals surface area contributed by atoms with E-state index < -0.39 is 0 Å². The highest BCUT2D eigenvalue weighted by Gasteiger charge is 2.17. The van der Waals surface area contributed by atoms with Crippen LogP contribution in [0.2, 0.25) is 0 Å². The molecule has 0 fully saturated rings. The van der Waals surface area contributed by atoms with E-state index >= 15 is 0 Å². The van der Waals surface area contributed by atoms with Gasteiger partial charge in [0.15, 0.2) is 0 Å². The fourth-order valence-corrected chi connectivity index (χ4v) is 3.75. The van der Waals surface area contributed by atoms with Crippen LogP contribution < -0.4 is 15.6 Å². The SMILES string of the molecule is COc1ccc(NC(=O)N(CCCN(C)C)Cc2cc3c(C)cc(C)cc3[nH]c2=O)cc1. The smallest absolute Gasteiger partial charge is 0.322 e. The Kier molecular flexibility index (Phi) is 7.53. The van der Waals surface area contributed by atoms with Gasteiger partial charge >= 0.3 is 6.03 Å². The van der Waals surface area contributed by atoms with Crippen LogP contribution in [0.5, 0.6) is 5.75 Å². The molecule has 1 aromatic heterocycles. The Balaban J connectivity index is 1.85. The third-order valence-corrected chi connectivity index (χ3v) is 5.41. The summed E-state index contributed by atoms with van der Waals surface area (Å²) in [6.45, 7) is 5.65. The minimum atomic E-state index is -0.242. The quantitative estimate of drug-likeness (QED) is 0.556. The number of H-pyrrole nitrogens is 1. The van der Waals surface area contributed by atoms with Gasteiger partial charge in [-0.3, -0.25) is 4.79 Å². The predicted molar refractivity (Wildman–Crippen MR) is 130 cm³/mol. The second kappa shape index (κ2) is 10.3. The summed E-state index contributed by atoms with van der Waals surface area (Å²) >= 11 is 0. The maximum atomic E-state index is 13.1. The molecule has 3 rings (SSSR count). The van der Waals surface area contributed by atoms with E-state index in [0.717, 1.165) is 40.7 Å². The molecule has 0 unspecified atom stereocenters. The van der Waals surface area contributed by atoms with E-state index in [9.17, 15) is 9.59 Å². The lowest BCUT2D eigenvalue weighted by molar-refractivity contribution is 0.205. The zero-order valence-corrected chi connectivity index (χ0v) is 19.5. The number of aromatic nitrogens is 1. The lowest BCUT2D eigenvalue weighted by Crippen LogP contribution is -2.37. The van der Waals surface area contributed by atoms with Gasteiger partial charge in [0.25, 0.3) is 5.56 Å². The number of nitrogens with one attached hydrogen (secondary N) is 2. The fourth-order valence-electron chi connectivity index (χ4n) is 3.75. The lowest BCUT2D eigenvalue weighted by atomic mass is 10.0. The maximum absolute atomic E-state index is 13.1. The Bertz CT molecular complexity index is 1140. The Morgan fingerprint density at radius 1 is 1.06 bits per heavy atom. The summed E-state index contributed by atoms with van der Waals surface area (Å²) in [5, 5.41) is 3.93. The van der Waals surface area contributed by atoms with Gasteiger partial charge in [0.05, 0.1) is 13.7 Å². The largest absolute Gasteiger partial charge is 0.497 e. The van der Waals surface area contributed by atoms with E-state index in [1.807, 2.05) is 40.1 Å². The van der Waals surface area contributed by atoms with E-state index in [-0.39, 0.29) is 18.1 Å². The van der Waals surface area contributed by atoms with E-state index in [2.05, 4.69) is 21.3 Å². The number of aromatic amines is 1. The van der Waals surface area contributed by atoms with Gasteiger partial charge < -0.3 is 24.8 Å². The topological polar surface area (TPSA) is 77.7 Å². The molecule has 32 heavy (non-hydrogen) atoms. The molecule has 7 nitrogen and oxygen atoms in total. The maximum Gasteiger partial charge on any atom is 0.322 e. The van der Waals surface area contributed by atoms with Gasteiger partial charge in [0, 0.05) is 28.7 Å². The molecule has 0 saturated heterocycles. The van der Waals surface area contributed by atoms with Crippen LogP contribution in [0.15, 0.2) is 47.3 Å². The Hall–Kier alpha value is -3.32. The van der Waals surface area contributed by atoms with E-state index in [0.29, 0.717) is 17.8 Å². The third-order valence-electron chi connectivity index (χ3n) is 5.41. The van der Waals surface area contributed by atoms with Crippen molar-refractivity contribution >= 4 is 22.6 Å². The van der Waals surface area contributed by atoms with Crippen LogP contribution in [0.25, 0.3) is 10.9 Å². The molecule has 0 spiro atoms. The molecule has 0 bridgehead atoms. The van der Waals surface area contributed by atoms with Crippen molar-refractivity contribution in [2.24, 2.45) is 0 Å². The molecular formula is C25H32N4O3. The first-order valence-electron chi connectivity index (χ1n) is 10.7. The standard InChI is InChI=1S/C25H32N4O3/c1-17-13-18(2)22-15-19(24(30)27-23(22)14-17)16-29(12-6-11-28(3)4)25(31)26-20-7-9-21(32-5)10-8-20/h7-10,13-15H,6,11-12,16H2,1-5H3,(H,26,31)(H,27,30). The second-order valence-electron chi connectivity index (χ2n) is 8.40. The van der Waals surface area contributed by atoms with Gasteiger partial charge in [-0.1, -0.05) is 6.07 Å². The van der Waals surface area contributed by atoms with Crippen LogP contribution in [-0.4, -0.2) is 55.1 Å². The van der Waals surface area contributed by atoms with Crippen LogP contribution in [0.1, 0.15) is 23.1 Å². The Morgan fingerprint density at radius 2 is 1.78 bits per heavy atom. The molecule has 0 radical (unpaired) electrons. The number of amides is 2. The monoisotopic (exact) mass is 436 g/mol. The van der Waals surface area contributed by atoms with Crippen molar-refractivity contribution in [3.8, 4) is 5.75 Å². The van der Waals surface area contributed by atoms with E-state index in [1.54, 1.807) is 36.3 Å². The number of methoxy groups -OCH3 is 1. The van der Waals surface area contributed by atoms with Crippen molar-refractivity contribution in [3.05, 3.63) is 69.5 Å². The van der Waals surface area contributed by atoms with Crippen molar-refractivity contribution in [2.75, 3.05) is 39.6 Å². The number of anilines is 1. The third kappa shape index (κ3) is 5.88. The second-order valence-corrected chi connectivity index (χ2v) is 8.40. The van der Waals surface area contributed by atoms with Gasteiger partial charge in [-0.15, -0.1) is 0 Å². The molecule has 2 amide bonds. The van der Waals surface area contributed by atoms with Crippen LogP contribution in [0.4, 0.5) is 10.5 Å². The number of fused-ring (bicyclic) bond motifs is 1. The molecule has 1 heterocycles. The number of hydrogen-bond acceptors (Lipinski definition) is 4. The van der Waals surface area contributed by atoms with Crippen molar-refractivity contribution in [2.45, 2.75) is 26.8 Å². The zero-order valence-electron chi connectivity index (χ0n) is 19.5. The number of pyridine rings is 1. The van der Waals surface area contributed by atoms with Gasteiger partial charge in [-0.05, 0) is 88.4 Å². The molecule has 0 aliphatic rings. The van der Waals surface area contributed by atoms with Gasteiger partial charge in [0.1, 0.15) is 5.75 Å². The fraction of sp³-hybridized carbons (Fsp3) is 0.360. The minimum absolute atomic E-state index is 0.169. The number of urea groups is 1. The molecular weight excluding hydrogens is 404 g/mol. The number of carbonyl (C=O) groups excluding carboxylic acids is 1. The molecule has 0 aliphatic heterocycles. The lowest BCUT2D eigenvalue weighted by Gasteiger charge is -2.24. The summed E-state index contributed by atoms with van der Waals surface area (Å²) in [7, 11) is 5.60. The van der Waals surface area contributed by atoms with E-state index in [4.69, 9.17) is 4.74 Å². The van der Waals surface area contributed by atoms with Crippen molar-refractivity contribution in [1.82, 2.24) is 14.8 Å². The molecule has 0 aliphatic carbocycles. The van der Waals surface area contributed by atoms with Crippen molar-refractivity contribution in [1.29, 1.82) is 0 Å². The normalized spacial score (nSPS) is 11.1. The molecule has 3 aromatic rings. The molecule has 2 N–H and O–H groups in total. The predicted octanol–water partition coefficient (Wildman–Crippen LogP) is 4.14. The van der Waals surface area contributed by atoms with Gasteiger partial charge in [-0.25, -0.2) is 4.79 Å². The molecule has 0 saturated carbocycles. The average Bonchev–Trinajstić information content (AvgIpc) is 2.74. The number of hydrogen-bond donors (Lipinski definition) is 2. The average molecular weight is 437 g/mol. The number of nitrogens with zero attached hydrogens (tertiary/aromatic N) is 2. The van der Waals surface area contributed by atoms with Gasteiger partial charge in [-0.2, -0.15) is 0 Å². The number of carbonyl (C=O) groups is 1. The van der Waals surface area contributed by atoms with Crippen molar-refractivity contribution in [3.63, 3.8) is 0 Å². The molecule has 2 aromatic carbocycles. The highest BCUT2D eigenvalue weighted by atomic mass is 16.5. The number of ether oxygens (including phenoxy) is 1. The zero-order chi connectivity index (χ0) is 23.3. The Labute approximate surface area is 189 Å². The summed E-state index contributed by atoms with van der Waals surface area (Å²) in [6, 6.07) is 12.9. The summed E-state index contributed by atoms with van der Waals surface area (Å²) in [5.41, 5.74) is 4.09. The summed E-state index contributed by atoms with van der Waals surface area (Å²) in [6.07, 6.45) is 0.798. The van der Waals surface area contributed by atoms with Crippen LogP contribution in [0, 0.1) is 13.8 Å². The summed E-state index contributed by atoms with van der Waals surface area (Å²) in [5.74, 6) is 0.721. The first-order chi connectivity index (χ1) is 15.3. The van der Waals surface area contributed by atoms with Crippen LogP contribution in [0.3, 0.4) is 0 Å². The van der Waals surface area contributed by atoms with Crippen LogP contribution in [-0.2, 0) is 6.54 Å². The van der Waals surface area contributed by atoms with E-state index in [1.165, 1.54) is 0 Å². The van der Waals surface area contributed by atoms with Gasteiger partial charge in [0.2, 0.25) is 0 Å². The minimum Gasteiger partial charge on any atom is -0.497 e. The summed E-state index contributed by atoms with van der Waals surface area (Å²) < 4.78 is 5.18. The summed E-state index contributed by atoms with van der Waals surface area (Å²) in [4.78, 5) is 32.6. The molecule has 0 atom stereocenters. The number of aryl methyl sites for hydroxylation is 2. The highest BCUT2D eigenvalue weighted by Crippen LogP contribution is 2.20. The first-order valence-corrected chi connectivity index (χ1v) is 10.7. The number of rotatable bonds is 8. The van der Waals surface area contributed by atoms with Crippen LogP contribution >= 0.6 is 0 Å². The molecule has 7 heteroatoms. The first kappa shape index (κ1) is 23.3. The molecule has 170 valence electrons. The van der Waals surface area contributed by atoms with Crippen molar-refractivity contribution < 1.29 is 9.53 Å². The Morgan fingerprint density at radius 3 is 2.44 bits per heavy atom. The highest BCUT2D eigenvalue weighted by molar-refractivity contribution is 5.89. The number of benzene rings is 2.